The normalized spacial score (nSPS) is 12.2. The minimum Gasteiger partial charge on any atom is -0.462 e. The lowest BCUT2D eigenvalue weighted by Crippen LogP contribution is -2.30. The summed E-state index contributed by atoms with van der Waals surface area (Å²) in [6.45, 7) is 6.67. The molecular formula is C67H124O6. The van der Waals surface area contributed by atoms with Crippen molar-refractivity contribution in [2.45, 2.75) is 361 Å². The molecule has 1 atom stereocenters. The first kappa shape index (κ1) is 70.6. The van der Waals surface area contributed by atoms with Crippen molar-refractivity contribution in [3.63, 3.8) is 0 Å². The van der Waals surface area contributed by atoms with Crippen molar-refractivity contribution in [2.75, 3.05) is 13.2 Å². The molecule has 0 radical (unpaired) electrons. The van der Waals surface area contributed by atoms with Crippen LogP contribution in [0, 0.1) is 0 Å². The number of esters is 3. The number of carbonyl (C=O) groups is 3. The molecule has 0 aromatic heterocycles. The lowest BCUT2D eigenvalue weighted by molar-refractivity contribution is -0.167. The second-order valence-electron chi connectivity index (χ2n) is 22.0. The summed E-state index contributed by atoms with van der Waals surface area (Å²) in [5.41, 5.74) is 0. The van der Waals surface area contributed by atoms with E-state index in [0.29, 0.717) is 19.3 Å². The highest BCUT2D eigenvalue weighted by Gasteiger charge is 2.19. The zero-order chi connectivity index (χ0) is 52.9. The molecule has 428 valence electrons. The molecule has 0 aliphatic heterocycles. The second kappa shape index (κ2) is 62.2. The summed E-state index contributed by atoms with van der Waals surface area (Å²) in [5, 5.41) is 0. The molecule has 0 spiro atoms. The molecule has 0 aromatic rings. The minimum absolute atomic E-state index is 0.0705. The maximum Gasteiger partial charge on any atom is 0.306 e. The summed E-state index contributed by atoms with van der Waals surface area (Å²) in [6.07, 6.45) is 75.8. The van der Waals surface area contributed by atoms with Crippen LogP contribution in [0.3, 0.4) is 0 Å². The van der Waals surface area contributed by atoms with Gasteiger partial charge in [-0.15, -0.1) is 0 Å². The SMILES string of the molecule is CCCCCCC/C=C\C/C=C\CCCCCCCCCCCCCCCCCC(=O)OCC(COC(=O)CCCCCCCCCCCCCCC)OC(=O)CCCCCCC/C=C\CCCCCCCC. The van der Waals surface area contributed by atoms with Gasteiger partial charge in [0.2, 0.25) is 0 Å². The van der Waals surface area contributed by atoms with Gasteiger partial charge in [0.1, 0.15) is 13.2 Å². The van der Waals surface area contributed by atoms with Gasteiger partial charge in [0, 0.05) is 19.3 Å². The Kier molecular flexibility index (Phi) is 60.2. The van der Waals surface area contributed by atoms with Gasteiger partial charge in [-0.05, 0) is 77.0 Å². The van der Waals surface area contributed by atoms with Crippen molar-refractivity contribution in [2.24, 2.45) is 0 Å². The van der Waals surface area contributed by atoms with E-state index in [2.05, 4.69) is 57.2 Å². The third kappa shape index (κ3) is 60.4. The van der Waals surface area contributed by atoms with Gasteiger partial charge < -0.3 is 14.2 Å². The van der Waals surface area contributed by atoms with Crippen LogP contribution < -0.4 is 0 Å². The predicted molar refractivity (Wildman–Crippen MR) is 316 cm³/mol. The Balaban J connectivity index is 4.20. The van der Waals surface area contributed by atoms with Crippen LogP contribution >= 0.6 is 0 Å². The highest BCUT2D eigenvalue weighted by Crippen LogP contribution is 2.17. The van der Waals surface area contributed by atoms with Crippen LogP contribution in [-0.4, -0.2) is 37.2 Å². The van der Waals surface area contributed by atoms with Crippen molar-refractivity contribution in [1.29, 1.82) is 0 Å². The third-order valence-electron chi connectivity index (χ3n) is 14.6. The number of ether oxygens (including phenoxy) is 3. The summed E-state index contributed by atoms with van der Waals surface area (Å²) in [5.74, 6) is -0.856. The van der Waals surface area contributed by atoms with Crippen LogP contribution in [0.5, 0.6) is 0 Å². The third-order valence-corrected chi connectivity index (χ3v) is 14.6. The van der Waals surface area contributed by atoms with Gasteiger partial charge in [0.25, 0.3) is 0 Å². The van der Waals surface area contributed by atoms with Crippen LogP contribution in [0.25, 0.3) is 0 Å². The largest absolute Gasteiger partial charge is 0.462 e. The molecule has 0 saturated carbocycles. The molecule has 0 aliphatic rings. The van der Waals surface area contributed by atoms with Crippen LogP contribution in [0.1, 0.15) is 355 Å². The van der Waals surface area contributed by atoms with E-state index < -0.39 is 6.10 Å². The number of carbonyl (C=O) groups excluding carboxylic acids is 3. The average molecular weight is 1030 g/mol. The van der Waals surface area contributed by atoms with E-state index in [1.165, 1.54) is 244 Å². The second-order valence-corrected chi connectivity index (χ2v) is 22.0. The molecule has 0 aliphatic carbocycles. The molecule has 6 heteroatoms. The molecule has 0 N–H and O–H groups in total. The van der Waals surface area contributed by atoms with Gasteiger partial charge in [-0.2, -0.15) is 0 Å². The fourth-order valence-corrected chi connectivity index (χ4v) is 9.71. The Hall–Kier alpha value is -2.37. The van der Waals surface area contributed by atoms with E-state index in [1.54, 1.807) is 0 Å². The van der Waals surface area contributed by atoms with Crippen LogP contribution in [0.4, 0.5) is 0 Å². The maximum absolute atomic E-state index is 12.9. The molecular weight excluding hydrogens is 901 g/mol. The summed E-state index contributed by atoms with van der Waals surface area (Å²) in [7, 11) is 0. The lowest BCUT2D eigenvalue weighted by Gasteiger charge is -2.18. The molecule has 0 rings (SSSR count). The summed E-state index contributed by atoms with van der Waals surface area (Å²) in [4.78, 5) is 38.2. The highest BCUT2D eigenvalue weighted by atomic mass is 16.6. The van der Waals surface area contributed by atoms with Crippen molar-refractivity contribution < 1.29 is 28.6 Å². The number of hydrogen-bond donors (Lipinski definition) is 0. The van der Waals surface area contributed by atoms with Crippen molar-refractivity contribution in [3.8, 4) is 0 Å². The van der Waals surface area contributed by atoms with E-state index >= 15 is 0 Å². The van der Waals surface area contributed by atoms with Gasteiger partial charge in [-0.1, -0.05) is 295 Å². The van der Waals surface area contributed by atoms with Gasteiger partial charge in [-0.25, -0.2) is 0 Å². The summed E-state index contributed by atoms with van der Waals surface area (Å²) < 4.78 is 16.9. The van der Waals surface area contributed by atoms with Gasteiger partial charge in [-0.3, -0.25) is 14.4 Å². The molecule has 0 bridgehead atoms. The number of rotatable bonds is 60. The van der Waals surface area contributed by atoms with Gasteiger partial charge in [0.05, 0.1) is 0 Å². The Morgan fingerprint density at radius 3 is 0.767 bits per heavy atom. The van der Waals surface area contributed by atoms with Crippen LogP contribution in [-0.2, 0) is 28.6 Å². The van der Waals surface area contributed by atoms with E-state index in [9.17, 15) is 14.4 Å². The standard InChI is InChI=1S/C67H124O6/c1-4-7-10-13-16-19-22-25-27-28-29-30-31-32-33-34-35-36-37-38-40-42-45-48-51-54-57-60-66(69)72-63-64(62-71-65(68)59-56-53-50-47-44-41-24-21-18-15-12-9-6-3)73-67(70)61-58-55-52-49-46-43-39-26-23-20-17-14-11-8-5-2/h22,25-26,28-29,39,64H,4-21,23-24,27,30-38,40-63H2,1-3H3/b25-22-,29-28-,39-26-. The quantitative estimate of drug-likeness (QED) is 0.0261. The van der Waals surface area contributed by atoms with Gasteiger partial charge in [0.15, 0.2) is 6.10 Å². The first-order chi connectivity index (χ1) is 36.0. The fraction of sp³-hybridized carbons (Fsp3) is 0.866. The molecule has 0 fully saturated rings. The zero-order valence-electron chi connectivity index (χ0n) is 49.2. The molecule has 73 heavy (non-hydrogen) atoms. The average Bonchev–Trinajstić information content (AvgIpc) is 3.39. The van der Waals surface area contributed by atoms with E-state index in [4.69, 9.17) is 14.2 Å². The molecule has 0 saturated heterocycles. The predicted octanol–water partition coefficient (Wildman–Crippen LogP) is 22.0. The summed E-state index contributed by atoms with van der Waals surface area (Å²) >= 11 is 0. The Morgan fingerprint density at radius 1 is 0.274 bits per heavy atom. The Bertz CT molecular complexity index is 1220. The fourth-order valence-electron chi connectivity index (χ4n) is 9.71. The topological polar surface area (TPSA) is 78.9 Å². The number of unbranched alkanes of at least 4 members (excludes halogenated alkanes) is 43. The molecule has 1 unspecified atom stereocenters. The van der Waals surface area contributed by atoms with Crippen molar-refractivity contribution in [3.05, 3.63) is 36.5 Å². The molecule has 0 aromatic carbocycles. The number of hydrogen-bond acceptors (Lipinski definition) is 6. The number of allylic oxidation sites excluding steroid dienone is 6. The van der Waals surface area contributed by atoms with E-state index in [0.717, 1.165) is 70.6 Å². The Labute approximate surface area is 455 Å². The van der Waals surface area contributed by atoms with Gasteiger partial charge >= 0.3 is 17.9 Å². The maximum atomic E-state index is 12.9. The van der Waals surface area contributed by atoms with Crippen molar-refractivity contribution in [1.82, 2.24) is 0 Å². The lowest BCUT2D eigenvalue weighted by atomic mass is 10.0. The molecule has 0 amide bonds. The first-order valence-corrected chi connectivity index (χ1v) is 32.5. The first-order valence-electron chi connectivity index (χ1n) is 32.5. The van der Waals surface area contributed by atoms with Crippen molar-refractivity contribution >= 4 is 17.9 Å². The van der Waals surface area contributed by atoms with Crippen LogP contribution in [0.2, 0.25) is 0 Å². The highest BCUT2D eigenvalue weighted by molar-refractivity contribution is 5.71. The van der Waals surface area contributed by atoms with E-state index in [-0.39, 0.29) is 31.1 Å². The smallest absolute Gasteiger partial charge is 0.306 e. The minimum atomic E-state index is -0.773. The van der Waals surface area contributed by atoms with Crippen LogP contribution in [0.15, 0.2) is 36.5 Å². The summed E-state index contributed by atoms with van der Waals surface area (Å²) in [6, 6.07) is 0. The Morgan fingerprint density at radius 2 is 0.493 bits per heavy atom. The molecule has 0 heterocycles. The van der Waals surface area contributed by atoms with E-state index in [1.807, 2.05) is 0 Å². The monoisotopic (exact) mass is 1020 g/mol. The zero-order valence-corrected chi connectivity index (χ0v) is 49.2. The molecule has 6 nitrogen and oxygen atoms in total.